The number of phenols is 1. The fraction of sp³-hybridized carbons (Fsp3) is 0.286. The Labute approximate surface area is 116 Å². The monoisotopic (exact) mass is 278 g/mol. The number of aromatic nitrogens is 2. The first-order chi connectivity index (χ1) is 9.13. The molecule has 0 unspecified atom stereocenters. The Hall–Kier alpha value is -1.75. The van der Waals surface area contributed by atoms with Crippen LogP contribution < -0.4 is 5.56 Å². The number of rotatable bonds is 3. The highest BCUT2D eigenvalue weighted by atomic mass is 32.2. The second kappa shape index (κ2) is 7.63. The van der Waals surface area contributed by atoms with Crippen molar-refractivity contribution in [1.29, 1.82) is 0 Å². The van der Waals surface area contributed by atoms with Gasteiger partial charge in [0.2, 0.25) is 0 Å². The molecule has 0 aliphatic rings. The summed E-state index contributed by atoms with van der Waals surface area (Å²) < 4.78 is 0. The lowest BCUT2D eigenvalue weighted by atomic mass is 10.2. The van der Waals surface area contributed by atoms with Gasteiger partial charge in [-0.05, 0) is 24.6 Å². The van der Waals surface area contributed by atoms with Gasteiger partial charge in [0.25, 0.3) is 5.56 Å². The highest BCUT2D eigenvalue weighted by Crippen LogP contribution is 2.19. The van der Waals surface area contributed by atoms with Crippen LogP contribution in [0.1, 0.15) is 25.1 Å². The molecule has 0 fully saturated rings. The Morgan fingerprint density at radius 2 is 1.89 bits per heavy atom. The first kappa shape index (κ1) is 15.3. The lowest BCUT2D eigenvalue weighted by molar-refractivity contribution is 0.475. The Kier molecular flexibility index (Phi) is 6.15. The van der Waals surface area contributed by atoms with Gasteiger partial charge in [-0.25, -0.2) is 4.98 Å². The smallest absolute Gasteiger partial charge is 0.251 e. The minimum absolute atomic E-state index is 0.134. The number of hydrogen-bond donors (Lipinski definition) is 2. The molecule has 2 aromatic rings. The zero-order chi connectivity index (χ0) is 14.3. The average molecular weight is 278 g/mol. The largest absolute Gasteiger partial charge is 0.508 e. The summed E-state index contributed by atoms with van der Waals surface area (Å²) in [4.78, 5) is 18.1. The molecule has 0 radical (unpaired) electrons. The molecule has 0 aliphatic heterocycles. The molecule has 1 aromatic heterocycles. The van der Waals surface area contributed by atoms with Gasteiger partial charge in [0.15, 0.2) is 5.16 Å². The molecule has 102 valence electrons. The van der Waals surface area contributed by atoms with E-state index >= 15 is 0 Å². The summed E-state index contributed by atoms with van der Waals surface area (Å²) in [6.07, 6.45) is 0. The predicted octanol–water partition coefficient (Wildman–Crippen LogP) is 3.10. The topological polar surface area (TPSA) is 66.0 Å². The van der Waals surface area contributed by atoms with E-state index in [1.54, 1.807) is 19.1 Å². The Morgan fingerprint density at radius 3 is 2.47 bits per heavy atom. The number of H-pyrrole nitrogens is 1. The van der Waals surface area contributed by atoms with Gasteiger partial charge in [0.1, 0.15) is 5.75 Å². The molecule has 0 aliphatic carbocycles. The molecule has 0 bridgehead atoms. The number of nitrogens with one attached hydrogen (secondary N) is 1. The summed E-state index contributed by atoms with van der Waals surface area (Å²) in [6, 6.07) is 8.43. The summed E-state index contributed by atoms with van der Waals surface area (Å²) in [7, 11) is 0. The van der Waals surface area contributed by atoms with E-state index in [1.165, 1.54) is 17.8 Å². The molecule has 4 nitrogen and oxygen atoms in total. The summed E-state index contributed by atoms with van der Waals surface area (Å²) in [5.74, 6) is 0.952. The van der Waals surface area contributed by atoms with Crippen LogP contribution in [-0.2, 0) is 5.75 Å². The van der Waals surface area contributed by atoms with Gasteiger partial charge in [-0.1, -0.05) is 37.7 Å². The quantitative estimate of drug-likeness (QED) is 0.669. The van der Waals surface area contributed by atoms with Crippen molar-refractivity contribution in [2.24, 2.45) is 0 Å². The molecule has 0 saturated heterocycles. The minimum Gasteiger partial charge on any atom is -0.508 e. The lowest BCUT2D eigenvalue weighted by Gasteiger charge is -2.02. The predicted molar refractivity (Wildman–Crippen MR) is 78.6 cm³/mol. The number of phenolic OH excluding ortho intramolecular Hbond substituents is 1. The molecule has 19 heavy (non-hydrogen) atoms. The van der Waals surface area contributed by atoms with Gasteiger partial charge in [-0.15, -0.1) is 0 Å². The number of benzene rings is 1. The summed E-state index contributed by atoms with van der Waals surface area (Å²) in [6.45, 7) is 5.79. The molecule has 0 spiro atoms. The van der Waals surface area contributed by atoms with E-state index in [-0.39, 0.29) is 11.3 Å². The van der Waals surface area contributed by atoms with E-state index in [1.807, 2.05) is 26.0 Å². The Balaban J connectivity index is 0.000000861. The molecule has 0 amide bonds. The lowest BCUT2D eigenvalue weighted by Crippen LogP contribution is -2.07. The molecule has 0 saturated carbocycles. The van der Waals surface area contributed by atoms with Gasteiger partial charge in [-0.2, -0.15) is 0 Å². The van der Waals surface area contributed by atoms with E-state index in [4.69, 9.17) is 5.11 Å². The highest BCUT2D eigenvalue weighted by molar-refractivity contribution is 7.98. The van der Waals surface area contributed by atoms with Gasteiger partial charge in [0, 0.05) is 17.5 Å². The first-order valence-electron chi connectivity index (χ1n) is 6.12. The average Bonchev–Trinajstić information content (AvgIpc) is 2.39. The third kappa shape index (κ3) is 5.18. The van der Waals surface area contributed by atoms with Crippen LogP contribution in [0.4, 0.5) is 0 Å². The number of thioether (sulfide) groups is 1. The number of aryl methyl sites for hydroxylation is 1. The molecule has 2 rings (SSSR count). The minimum atomic E-state index is -0.134. The van der Waals surface area contributed by atoms with E-state index in [0.717, 1.165) is 5.56 Å². The van der Waals surface area contributed by atoms with Crippen molar-refractivity contribution in [2.45, 2.75) is 31.7 Å². The number of hydrogen-bond acceptors (Lipinski definition) is 4. The van der Waals surface area contributed by atoms with E-state index in [0.29, 0.717) is 16.6 Å². The number of aromatic amines is 1. The zero-order valence-corrected chi connectivity index (χ0v) is 12.1. The van der Waals surface area contributed by atoms with Crippen molar-refractivity contribution in [3.05, 3.63) is 51.9 Å². The van der Waals surface area contributed by atoms with Crippen molar-refractivity contribution in [1.82, 2.24) is 9.97 Å². The van der Waals surface area contributed by atoms with Gasteiger partial charge in [0.05, 0.1) is 0 Å². The summed E-state index contributed by atoms with van der Waals surface area (Å²) in [5, 5.41) is 9.76. The maximum atomic E-state index is 11.2. The fourth-order valence-electron chi connectivity index (χ4n) is 1.36. The second-order valence-corrected chi connectivity index (χ2v) is 4.61. The van der Waals surface area contributed by atoms with Crippen LogP contribution in [0.25, 0.3) is 0 Å². The summed E-state index contributed by atoms with van der Waals surface area (Å²) in [5.41, 5.74) is 1.64. The van der Waals surface area contributed by atoms with Gasteiger partial charge in [-0.3, -0.25) is 4.79 Å². The molecule has 0 atom stereocenters. The Morgan fingerprint density at radius 1 is 1.26 bits per heavy atom. The highest BCUT2D eigenvalue weighted by Gasteiger charge is 2.00. The van der Waals surface area contributed by atoms with Crippen LogP contribution in [0.2, 0.25) is 0 Å². The second-order valence-electron chi connectivity index (χ2n) is 3.65. The van der Waals surface area contributed by atoms with Crippen molar-refractivity contribution in [3.63, 3.8) is 0 Å². The molecular formula is C14H18N2O2S. The normalized spacial score (nSPS) is 9.63. The van der Waals surface area contributed by atoms with Crippen molar-refractivity contribution in [2.75, 3.05) is 0 Å². The fourth-order valence-corrected chi connectivity index (χ4v) is 2.24. The maximum Gasteiger partial charge on any atom is 0.251 e. The van der Waals surface area contributed by atoms with Gasteiger partial charge >= 0.3 is 0 Å². The van der Waals surface area contributed by atoms with Crippen molar-refractivity contribution in [3.8, 4) is 5.75 Å². The summed E-state index contributed by atoms with van der Waals surface area (Å²) >= 11 is 1.46. The van der Waals surface area contributed by atoms with Crippen LogP contribution in [0.5, 0.6) is 5.75 Å². The van der Waals surface area contributed by atoms with E-state index in [2.05, 4.69) is 9.97 Å². The zero-order valence-electron chi connectivity index (χ0n) is 11.3. The van der Waals surface area contributed by atoms with Crippen molar-refractivity contribution < 1.29 is 5.11 Å². The standard InChI is InChI=1S/C12H12N2O2S.C2H6/c1-8-6-11(16)14-12(13-8)17-7-9-2-4-10(15)5-3-9;1-2/h2-6,15H,7H2,1H3,(H,13,14,16);1-2H3. The van der Waals surface area contributed by atoms with Crippen LogP contribution in [-0.4, -0.2) is 15.1 Å². The molecule has 1 heterocycles. The van der Waals surface area contributed by atoms with Gasteiger partial charge < -0.3 is 10.1 Å². The maximum absolute atomic E-state index is 11.2. The third-order valence-corrected chi connectivity index (χ3v) is 3.10. The molecule has 1 aromatic carbocycles. The number of aromatic hydroxyl groups is 1. The molecule has 5 heteroatoms. The Bertz CT molecular complexity index is 564. The van der Waals surface area contributed by atoms with Crippen LogP contribution in [0, 0.1) is 6.92 Å². The van der Waals surface area contributed by atoms with E-state index in [9.17, 15) is 4.79 Å². The van der Waals surface area contributed by atoms with E-state index < -0.39 is 0 Å². The third-order valence-electron chi connectivity index (χ3n) is 2.16. The van der Waals surface area contributed by atoms with Crippen LogP contribution in [0.15, 0.2) is 40.3 Å². The number of nitrogens with zero attached hydrogens (tertiary/aromatic N) is 1. The molecule has 2 N–H and O–H groups in total. The first-order valence-corrected chi connectivity index (χ1v) is 7.11. The van der Waals surface area contributed by atoms with Crippen LogP contribution in [0.3, 0.4) is 0 Å². The molecular weight excluding hydrogens is 260 g/mol. The SMILES string of the molecule is CC.Cc1cc(=O)[nH]c(SCc2ccc(O)cc2)n1. The van der Waals surface area contributed by atoms with Crippen molar-refractivity contribution >= 4 is 11.8 Å². The van der Waals surface area contributed by atoms with Crippen LogP contribution >= 0.6 is 11.8 Å².